The highest BCUT2D eigenvalue weighted by Crippen LogP contribution is 2.22. The summed E-state index contributed by atoms with van der Waals surface area (Å²) >= 11 is 0. The maximum Gasteiger partial charge on any atom is 0.255 e. The van der Waals surface area contributed by atoms with E-state index in [1.54, 1.807) is 12.4 Å². The van der Waals surface area contributed by atoms with Gasteiger partial charge in [-0.25, -0.2) is 4.98 Å². The molecule has 3 aromatic rings. The number of aromatic nitrogens is 3. The number of hydrogen-bond donors (Lipinski definition) is 1. The smallest absolute Gasteiger partial charge is 0.255 e. The molecule has 3 heterocycles. The van der Waals surface area contributed by atoms with E-state index in [9.17, 15) is 4.79 Å². The van der Waals surface area contributed by atoms with Crippen LogP contribution in [0.1, 0.15) is 46.9 Å². The molecule has 0 radical (unpaired) electrons. The van der Waals surface area contributed by atoms with Gasteiger partial charge in [0.05, 0.1) is 37.2 Å². The lowest BCUT2D eigenvalue weighted by atomic mass is 10.0. The standard InChI is InChI=1S/C24H29N5O2/c1-18(2)22-21(16-27-29(22)17-19-7-4-3-5-8-19)24(30)26-15-20-9-6-10-25-23(20)28-11-13-31-14-12-28/h3-10,16,18H,11-15,17H2,1-2H3,(H,26,30). The highest BCUT2D eigenvalue weighted by atomic mass is 16.5. The van der Waals surface area contributed by atoms with Crippen LogP contribution in [0.4, 0.5) is 5.82 Å². The summed E-state index contributed by atoms with van der Waals surface area (Å²) in [5, 5.41) is 7.60. The minimum absolute atomic E-state index is 0.111. The molecular weight excluding hydrogens is 390 g/mol. The Morgan fingerprint density at radius 3 is 2.65 bits per heavy atom. The van der Waals surface area contributed by atoms with Crippen molar-refractivity contribution in [2.45, 2.75) is 32.9 Å². The monoisotopic (exact) mass is 419 g/mol. The van der Waals surface area contributed by atoms with Gasteiger partial charge in [0, 0.05) is 31.4 Å². The number of ether oxygens (including phenoxy) is 1. The molecule has 2 aromatic heterocycles. The fraction of sp³-hybridized carbons (Fsp3) is 0.375. The minimum Gasteiger partial charge on any atom is -0.378 e. The van der Waals surface area contributed by atoms with Gasteiger partial charge in [-0.1, -0.05) is 50.2 Å². The first-order valence-corrected chi connectivity index (χ1v) is 10.8. The van der Waals surface area contributed by atoms with E-state index >= 15 is 0 Å². The van der Waals surface area contributed by atoms with Gasteiger partial charge in [-0.3, -0.25) is 9.48 Å². The largest absolute Gasteiger partial charge is 0.378 e. The summed E-state index contributed by atoms with van der Waals surface area (Å²) in [6.07, 6.45) is 3.47. The van der Waals surface area contributed by atoms with Crippen molar-refractivity contribution in [2.75, 3.05) is 31.2 Å². The van der Waals surface area contributed by atoms with Crippen LogP contribution in [0.3, 0.4) is 0 Å². The number of amides is 1. The molecule has 0 unspecified atom stereocenters. The van der Waals surface area contributed by atoms with Crippen molar-refractivity contribution >= 4 is 11.7 Å². The van der Waals surface area contributed by atoms with Crippen LogP contribution in [0.15, 0.2) is 54.9 Å². The van der Waals surface area contributed by atoms with E-state index in [4.69, 9.17) is 4.74 Å². The maximum atomic E-state index is 13.1. The second-order valence-corrected chi connectivity index (χ2v) is 8.01. The normalized spacial score (nSPS) is 14.1. The first-order valence-electron chi connectivity index (χ1n) is 10.8. The number of hydrogen-bond acceptors (Lipinski definition) is 5. The Kier molecular flexibility index (Phi) is 6.62. The third kappa shape index (κ3) is 4.94. The van der Waals surface area contributed by atoms with Gasteiger partial charge in [-0.15, -0.1) is 0 Å². The molecule has 0 bridgehead atoms. The summed E-state index contributed by atoms with van der Waals surface area (Å²) < 4.78 is 7.38. The molecule has 0 spiro atoms. The molecule has 1 fully saturated rings. The number of nitrogens with zero attached hydrogens (tertiary/aromatic N) is 4. The van der Waals surface area contributed by atoms with Crippen molar-refractivity contribution in [3.05, 3.63) is 77.2 Å². The van der Waals surface area contributed by atoms with Gasteiger partial charge in [0.1, 0.15) is 5.82 Å². The lowest BCUT2D eigenvalue weighted by Crippen LogP contribution is -2.37. The van der Waals surface area contributed by atoms with E-state index in [1.807, 2.05) is 35.0 Å². The zero-order chi connectivity index (χ0) is 21.6. The predicted molar refractivity (Wildman–Crippen MR) is 120 cm³/mol. The number of benzene rings is 1. The topological polar surface area (TPSA) is 72.3 Å². The van der Waals surface area contributed by atoms with Crippen LogP contribution in [-0.2, 0) is 17.8 Å². The predicted octanol–water partition coefficient (Wildman–Crippen LogP) is 3.22. The van der Waals surface area contributed by atoms with Crippen LogP contribution >= 0.6 is 0 Å². The van der Waals surface area contributed by atoms with Gasteiger partial charge in [-0.2, -0.15) is 5.10 Å². The van der Waals surface area contributed by atoms with Crippen LogP contribution in [0.25, 0.3) is 0 Å². The number of rotatable bonds is 7. The van der Waals surface area contributed by atoms with Crippen molar-refractivity contribution in [3.8, 4) is 0 Å². The van der Waals surface area contributed by atoms with Crippen LogP contribution in [-0.4, -0.2) is 47.0 Å². The van der Waals surface area contributed by atoms with Gasteiger partial charge in [0.2, 0.25) is 0 Å². The Morgan fingerprint density at radius 2 is 1.90 bits per heavy atom. The molecule has 0 saturated carbocycles. The van der Waals surface area contributed by atoms with Crippen molar-refractivity contribution < 1.29 is 9.53 Å². The van der Waals surface area contributed by atoms with E-state index in [0.717, 1.165) is 35.7 Å². The fourth-order valence-corrected chi connectivity index (χ4v) is 3.96. The maximum absolute atomic E-state index is 13.1. The molecular formula is C24H29N5O2. The number of anilines is 1. The SMILES string of the molecule is CC(C)c1c(C(=O)NCc2cccnc2N2CCOCC2)cnn1Cc1ccccc1. The van der Waals surface area contributed by atoms with Gasteiger partial charge in [0.25, 0.3) is 5.91 Å². The first kappa shape index (κ1) is 21.1. The highest BCUT2D eigenvalue weighted by Gasteiger charge is 2.21. The average molecular weight is 420 g/mol. The van der Waals surface area contributed by atoms with Gasteiger partial charge < -0.3 is 15.0 Å². The quantitative estimate of drug-likeness (QED) is 0.637. The molecule has 0 aliphatic carbocycles. The van der Waals surface area contributed by atoms with Crippen LogP contribution in [0.2, 0.25) is 0 Å². The third-order valence-corrected chi connectivity index (χ3v) is 5.46. The first-order chi connectivity index (χ1) is 15.1. The fourth-order valence-electron chi connectivity index (χ4n) is 3.96. The summed E-state index contributed by atoms with van der Waals surface area (Å²) in [4.78, 5) is 19.8. The molecule has 162 valence electrons. The van der Waals surface area contributed by atoms with Crippen LogP contribution < -0.4 is 10.2 Å². The third-order valence-electron chi connectivity index (χ3n) is 5.46. The number of carbonyl (C=O) groups excluding carboxylic acids is 1. The molecule has 7 nitrogen and oxygen atoms in total. The summed E-state index contributed by atoms with van der Waals surface area (Å²) in [6, 6.07) is 14.1. The second-order valence-electron chi connectivity index (χ2n) is 8.01. The van der Waals surface area contributed by atoms with Gasteiger partial charge in [0.15, 0.2) is 0 Å². The minimum atomic E-state index is -0.111. The van der Waals surface area contributed by atoms with Gasteiger partial charge >= 0.3 is 0 Å². The summed E-state index contributed by atoms with van der Waals surface area (Å²) in [7, 11) is 0. The number of carbonyl (C=O) groups is 1. The van der Waals surface area contributed by atoms with E-state index in [1.165, 1.54) is 0 Å². The Morgan fingerprint density at radius 1 is 1.13 bits per heavy atom. The van der Waals surface area contributed by atoms with Gasteiger partial charge in [-0.05, 0) is 17.5 Å². The lowest BCUT2D eigenvalue weighted by Gasteiger charge is -2.29. The van der Waals surface area contributed by atoms with E-state index in [2.05, 4.69) is 46.3 Å². The molecule has 1 amide bonds. The molecule has 1 N–H and O–H groups in total. The molecule has 31 heavy (non-hydrogen) atoms. The molecule has 1 aromatic carbocycles. The Balaban J connectivity index is 1.49. The number of nitrogens with one attached hydrogen (secondary N) is 1. The summed E-state index contributed by atoms with van der Waals surface area (Å²) in [5.41, 5.74) is 3.73. The molecule has 1 saturated heterocycles. The van der Waals surface area contributed by atoms with Crippen molar-refractivity contribution in [2.24, 2.45) is 0 Å². The van der Waals surface area contributed by atoms with Crippen molar-refractivity contribution in [1.29, 1.82) is 0 Å². The lowest BCUT2D eigenvalue weighted by molar-refractivity contribution is 0.0949. The molecule has 0 atom stereocenters. The molecule has 1 aliphatic rings. The van der Waals surface area contributed by atoms with Crippen LogP contribution in [0.5, 0.6) is 0 Å². The van der Waals surface area contributed by atoms with E-state index in [-0.39, 0.29) is 11.8 Å². The average Bonchev–Trinajstić information content (AvgIpc) is 3.23. The highest BCUT2D eigenvalue weighted by molar-refractivity contribution is 5.95. The second kappa shape index (κ2) is 9.75. The Bertz CT molecular complexity index is 1010. The summed E-state index contributed by atoms with van der Waals surface area (Å²) in [5.74, 6) is 0.976. The number of pyridine rings is 1. The van der Waals surface area contributed by atoms with Crippen molar-refractivity contribution in [3.63, 3.8) is 0 Å². The van der Waals surface area contributed by atoms with Crippen LogP contribution in [0, 0.1) is 0 Å². The molecule has 7 heteroatoms. The molecule has 1 aliphatic heterocycles. The van der Waals surface area contributed by atoms with E-state index in [0.29, 0.717) is 31.9 Å². The summed E-state index contributed by atoms with van der Waals surface area (Å²) in [6.45, 7) is 8.25. The Labute approximate surface area is 183 Å². The number of morpholine rings is 1. The van der Waals surface area contributed by atoms with E-state index < -0.39 is 0 Å². The molecule has 4 rings (SSSR count). The zero-order valence-electron chi connectivity index (χ0n) is 18.1. The Hall–Kier alpha value is -3.19. The van der Waals surface area contributed by atoms with Crippen molar-refractivity contribution in [1.82, 2.24) is 20.1 Å². The zero-order valence-corrected chi connectivity index (χ0v) is 18.1.